The molecule has 0 saturated carbocycles. The Bertz CT molecular complexity index is 848. The molecule has 0 heterocycles. The first kappa shape index (κ1) is 25.7. The standard InChI is InChI=1S/C24H32N4O5/c25-17-22(29)26-13-7-15-28(24(31)33-19-21-11-5-2-6-12-21)16-8-14-27-23(30)32-18-20-9-3-1-4-10-20/h1-6,9-12H,7-8,13-19,25H2,(H,26,29)(H,27,30). The molecule has 0 atom stereocenters. The van der Waals surface area contributed by atoms with E-state index in [-0.39, 0.29) is 25.7 Å². The summed E-state index contributed by atoms with van der Waals surface area (Å²) in [5, 5.41) is 5.36. The number of nitrogens with one attached hydrogen (secondary N) is 2. The second-order valence-corrected chi connectivity index (χ2v) is 7.28. The monoisotopic (exact) mass is 456 g/mol. The van der Waals surface area contributed by atoms with Crippen LogP contribution in [0.5, 0.6) is 0 Å². The first-order valence-electron chi connectivity index (χ1n) is 11.0. The summed E-state index contributed by atoms with van der Waals surface area (Å²) < 4.78 is 10.6. The third-order valence-corrected chi connectivity index (χ3v) is 4.66. The number of benzene rings is 2. The first-order valence-corrected chi connectivity index (χ1v) is 11.0. The van der Waals surface area contributed by atoms with E-state index in [9.17, 15) is 14.4 Å². The molecule has 2 rings (SSSR count). The zero-order valence-electron chi connectivity index (χ0n) is 18.7. The number of carbonyl (C=O) groups is 3. The summed E-state index contributed by atoms with van der Waals surface area (Å²) in [6, 6.07) is 18.8. The maximum absolute atomic E-state index is 12.6. The van der Waals surface area contributed by atoms with Crippen LogP contribution in [0.25, 0.3) is 0 Å². The van der Waals surface area contributed by atoms with Crippen LogP contribution in [-0.2, 0) is 27.5 Å². The highest BCUT2D eigenvalue weighted by molar-refractivity contribution is 5.77. The molecule has 0 radical (unpaired) electrons. The van der Waals surface area contributed by atoms with E-state index in [4.69, 9.17) is 15.2 Å². The number of nitrogens with two attached hydrogens (primary N) is 1. The van der Waals surface area contributed by atoms with E-state index in [0.29, 0.717) is 39.0 Å². The van der Waals surface area contributed by atoms with Gasteiger partial charge in [-0.2, -0.15) is 0 Å². The summed E-state index contributed by atoms with van der Waals surface area (Å²) in [5.41, 5.74) is 7.07. The predicted molar refractivity (Wildman–Crippen MR) is 124 cm³/mol. The van der Waals surface area contributed by atoms with Crippen LogP contribution in [0.2, 0.25) is 0 Å². The van der Waals surface area contributed by atoms with Crippen molar-refractivity contribution in [2.75, 3.05) is 32.7 Å². The Morgan fingerprint density at radius 1 is 0.758 bits per heavy atom. The third-order valence-electron chi connectivity index (χ3n) is 4.66. The lowest BCUT2D eigenvalue weighted by molar-refractivity contribution is -0.119. The van der Waals surface area contributed by atoms with Crippen molar-refractivity contribution in [2.24, 2.45) is 5.73 Å². The van der Waals surface area contributed by atoms with Gasteiger partial charge < -0.3 is 30.7 Å². The van der Waals surface area contributed by atoms with E-state index < -0.39 is 12.2 Å². The molecule has 9 nitrogen and oxygen atoms in total. The minimum absolute atomic E-state index is 0.0745. The average molecular weight is 457 g/mol. The molecule has 0 aliphatic carbocycles. The quantitative estimate of drug-likeness (QED) is 0.398. The van der Waals surface area contributed by atoms with Gasteiger partial charge in [0.25, 0.3) is 0 Å². The highest BCUT2D eigenvalue weighted by atomic mass is 16.6. The van der Waals surface area contributed by atoms with Crippen LogP contribution in [0.4, 0.5) is 9.59 Å². The highest BCUT2D eigenvalue weighted by Gasteiger charge is 2.15. The fourth-order valence-electron chi connectivity index (χ4n) is 2.91. The fourth-order valence-corrected chi connectivity index (χ4v) is 2.91. The van der Waals surface area contributed by atoms with E-state index in [2.05, 4.69) is 10.6 Å². The van der Waals surface area contributed by atoms with Crippen molar-refractivity contribution < 1.29 is 23.9 Å². The Morgan fingerprint density at radius 2 is 1.27 bits per heavy atom. The van der Waals surface area contributed by atoms with Crippen LogP contribution in [-0.4, -0.2) is 55.7 Å². The van der Waals surface area contributed by atoms with Crippen LogP contribution < -0.4 is 16.4 Å². The van der Waals surface area contributed by atoms with Crippen molar-refractivity contribution in [3.63, 3.8) is 0 Å². The summed E-state index contributed by atoms with van der Waals surface area (Å²) in [5.74, 6) is -0.244. The maximum atomic E-state index is 12.6. The van der Waals surface area contributed by atoms with Crippen molar-refractivity contribution in [2.45, 2.75) is 26.1 Å². The first-order chi connectivity index (χ1) is 16.1. The lowest BCUT2D eigenvalue weighted by Crippen LogP contribution is -2.37. The minimum Gasteiger partial charge on any atom is -0.445 e. The van der Waals surface area contributed by atoms with E-state index in [0.717, 1.165) is 11.1 Å². The molecule has 2 aromatic carbocycles. The van der Waals surface area contributed by atoms with Crippen molar-refractivity contribution in [3.05, 3.63) is 71.8 Å². The molecule has 0 aliphatic rings. The van der Waals surface area contributed by atoms with Crippen LogP contribution in [0.3, 0.4) is 0 Å². The van der Waals surface area contributed by atoms with Gasteiger partial charge in [-0.1, -0.05) is 60.7 Å². The normalized spacial score (nSPS) is 10.2. The number of hydrogen-bond donors (Lipinski definition) is 3. The van der Waals surface area contributed by atoms with Gasteiger partial charge in [0, 0.05) is 26.2 Å². The van der Waals surface area contributed by atoms with Gasteiger partial charge in [0.05, 0.1) is 6.54 Å². The summed E-state index contributed by atoms with van der Waals surface area (Å²) in [7, 11) is 0. The van der Waals surface area contributed by atoms with E-state index in [1.54, 1.807) is 4.90 Å². The van der Waals surface area contributed by atoms with Crippen molar-refractivity contribution >= 4 is 18.1 Å². The predicted octanol–water partition coefficient (Wildman–Crippen LogP) is 2.41. The lowest BCUT2D eigenvalue weighted by Gasteiger charge is -2.22. The summed E-state index contributed by atoms with van der Waals surface area (Å²) in [4.78, 5) is 37.3. The molecule has 0 aliphatic heterocycles. The van der Waals surface area contributed by atoms with E-state index in [1.165, 1.54) is 0 Å². The zero-order chi connectivity index (χ0) is 23.7. The lowest BCUT2D eigenvalue weighted by atomic mass is 10.2. The van der Waals surface area contributed by atoms with Crippen LogP contribution in [0.15, 0.2) is 60.7 Å². The van der Waals surface area contributed by atoms with Gasteiger partial charge in [0.15, 0.2) is 0 Å². The number of amides is 3. The van der Waals surface area contributed by atoms with E-state index in [1.807, 2.05) is 60.7 Å². The molecular weight excluding hydrogens is 424 g/mol. The fraction of sp³-hybridized carbons (Fsp3) is 0.375. The van der Waals surface area contributed by atoms with Gasteiger partial charge in [0.2, 0.25) is 5.91 Å². The Kier molecular flexibility index (Phi) is 11.9. The molecule has 0 saturated heterocycles. The molecule has 0 aromatic heterocycles. The molecule has 0 fully saturated rings. The highest BCUT2D eigenvalue weighted by Crippen LogP contribution is 2.05. The number of alkyl carbamates (subject to hydrolysis) is 1. The van der Waals surface area contributed by atoms with Crippen LogP contribution >= 0.6 is 0 Å². The molecule has 3 amide bonds. The average Bonchev–Trinajstić information content (AvgIpc) is 2.86. The number of carbonyl (C=O) groups excluding carboxylic acids is 3. The molecule has 0 spiro atoms. The molecule has 9 heteroatoms. The van der Waals surface area contributed by atoms with E-state index >= 15 is 0 Å². The topological polar surface area (TPSA) is 123 Å². The van der Waals surface area contributed by atoms with Crippen LogP contribution in [0, 0.1) is 0 Å². The number of rotatable bonds is 13. The number of ether oxygens (including phenoxy) is 2. The molecule has 0 unspecified atom stereocenters. The number of hydrogen-bond acceptors (Lipinski definition) is 6. The Morgan fingerprint density at radius 3 is 1.82 bits per heavy atom. The van der Waals surface area contributed by atoms with Gasteiger partial charge in [0.1, 0.15) is 13.2 Å². The van der Waals surface area contributed by atoms with Crippen molar-refractivity contribution in [1.82, 2.24) is 15.5 Å². The van der Waals surface area contributed by atoms with Gasteiger partial charge >= 0.3 is 12.2 Å². The second-order valence-electron chi connectivity index (χ2n) is 7.28. The largest absolute Gasteiger partial charge is 0.445 e. The molecule has 2 aromatic rings. The van der Waals surface area contributed by atoms with Crippen LogP contribution in [0.1, 0.15) is 24.0 Å². The SMILES string of the molecule is NCC(=O)NCCCN(CCCNC(=O)OCc1ccccc1)C(=O)OCc1ccccc1. The number of nitrogens with zero attached hydrogens (tertiary/aromatic N) is 1. The maximum Gasteiger partial charge on any atom is 0.410 e. The molecule has 4 N–H and O–H groups in total. The van der Waals surface area contributed by atoms with Gasteiger partial charge in [-0.05, 0) is 24.0 Å². The van der Waals surface area contributed by atoms with Crippen molar-refractivity contribution in [3.8, 4) is 0 Å². The Labute approximate surface area is 194 Å². The van der Waals surface area contributed by atoms with Gasteiger partial charge in [-0.25, -0.2) is 9.59 Å². The Balaban J connectivity index is 1.73. The molecule has 33 heavy (non-hydrogen) atoms. The third kappa shape index (κ3) is 11.0. The van der Waals surface area contributed by atoms with Gasteiger partial charge in [-0.3, -0.25) is 4.79 Å². The second kappa shape index (κ2) is 15.3. The smallest absolute Gasteiger partial charge is 0.410 e. The molecular formula is C24H32N4O5. The summed E-state index contributed by atoms with van der Waals surface area (Å²) in [6.07, 6.45) is 0.117. The van der Waals surface area contributed by atoms with Gasteiger partial charge in [-0.15, -0.1) is 0 Å². The van der Waals surface area contributed by atoms with Crippen molar-refractivity contribution in [1.29, 1.82) is 0 Å². The molecule has 0 bridgehead atoms. The summed E-state index contributed by atoms with van der Waals surface area (Å²) >= 11 is 0. The summed E-state index contributed by atoms with van der Waals surface area (Å²) in [6.45, 7) is 1.83. The molecule has 178 valence electrons. The zero-order valence-corrected chi connectivity index (χ0v) is 18.7. The minimum atomic E-state index is -0.512. The Hall–Kier alpha value is -3.59.